The van der Waals surface area contributed by atoms with Crippen LogP contribution in [0.2, 0.25) is 0 Å². The van der Waals surface area contributed by atoms with Crippen LogP contribution in [0.3, 0.4) is 0 Å². The van der Waals surface area contributed by atoms with E-state index in [4.69, 9.17) is 37.0 Å². The van der Waals surface area contributed by atoms with E-state index in [2.05, 4.69) is 34.6 Å². The van der Waals surface area contributed by atoms with Gasteiger partial charge in [0.05, 0.1) is 26.4 Å². The fourth-order valence-corrected chi connectivity index (χ4v) is 13.5. The number of hydrogen-bond donors (Lipinski definition) is 3. The standard InChI is InChI=1S/C77H150O17P2/c1-6-9-12-15-18-21-23-25-27-29-30-31-32-34-36-38-42-47-52-57-62-76(81)93-73(67-88-75(80)61-56-51-46-41-37-35-33-28-26-24-22-19-16-13-10-7-2)69-92-96(85,86)90-65-71(78)64-89-95(83,84)91-68-72(66-87-74(79)60-55-50-45-20-17-14-11-8-3)94-77(82)63-58-53-48-43-39-40-44-49-54-59-70(4)5/h70-73,78H,6-69H2,1-5H3,(H,83,84)(H,85,86)/t71-,72+,73+/m0/s1. The largest absolute Gasteiger partial charge is 0.472 e. The van der Waals surface area contributed by atoms with Gasteiger partial charge in [-0.25, -0.2) is 9.13 Å². The lowest BCUT2D eigenvalue weighted by Crippen LogP contribution is -2.30. The van der Waals surface area contributed by atoms with Crippen LogP contribution < -0.4 is 0 Å². The molecule has 0 spiro atoms. The monoisotopic (exact) mass is 1410 g/mol. The van der Waals surface area contributed by atoms with E-state index in [1.54, 1.807) is 0 Å². The van der Waals surface area contributed by atoms with Gasteiger partial charge in [0, 0.05) is 25.7 Å². The van der Waals surface area contributed by atoms with Crippen molar-refractivity contribution in [3.63, 3.8) is 0 Å². The molecule has 0 aromatic rings. The van der Waals surface area contributed by atoms with Crippen molar-refractivity contribution in [1.82, 2.24) is 0 Å². The Morgan fingerprint density at radius 1 is 0.281 bits per heavy atom. The topological polar surface area (TPSA) is 237 Å². The summed E-state index contributed by atoms with van der Waals surface area (Å²) in [6.07, 6.45) is 59.8. The molecule has 0 bridgehead atoms. The van der Waals surface area contributed by atoms with Gasteiger partial charge in [-0.1, -0.05) is 356 Å². The first kappa shape index (κ1) is 94.1. The third-order valence-corrected chi connectivity index (χ3v) is 19.9. The Balaban J connectivity index is 5.19. The van der Waals surface area contributed by atoms with Gasteiger partial charge >= 0.3 is 39.5 Å². The minimum Gasteiger partial charge on any atom is -0.462 e. The molecule has 17 nitrogen and oxygen atoms in total. The van der Waals surface area contributed by atoms with Crippen molar-refractivity contribution in [2.75, 3.05) is 39.6 Å². The summed E-state index contributed by atoms with van der Waals surface area (Å²) >= 11 is 0. The second-order valence-electron chi connectivity index (χ2n) is 28.2. The summed E-state index contributed by atoms with van der Waals surface area (Å²) in [6, 6.07) is 0. The molecule has 0 aromatic carbocycles. The molecule has 0 aliphatic heterocycles. The Labute approximate surface area is 588 Å². The molecule has 0 heterocycles. The first-order chi connectivity index (χ1) is 46.5. The fourth-order valence-electron chi connectivity index (χ4n) is 11.9. The summed E-state index contributed by atoms with van der Waals surface area (Å²) in [5.41, 5.74) is 0. The van der Waals surface area contributed by atoms with Crippen LogP contribution in [0.1, 0.15) is 407 Å². The number of ether oxygens (including phenoxy) is 4. The van der Waals surface area contributed by atoms with E-state index in [1.807, 2.05) is 0 Å². The van der Waals surface area contributed by atoms with Crippen molar-refractivity contribution in [2.24, 2.45) is 5.92 Å². The molecule has 0 radical (unpaired) electrons. The summed E-state index contributed by atoms with van der Waals surface area (Å²) < 4.78 is 68.5. The van der Waals surface area contributed by atoms with E-state index < -0.39 is 97.5 Å². The molecule has 96 heavy (non-hydrogen) atoms. The van der Waals surface area contributed by atoms with Crippen LogP contribution in [0.25, 0.3) is 0 Å². The van der Waals surface area contributed by atoms with Gasteiger partial charge in [0.25, 0.3) is 0 Å². The highest BCUT2D eigenvalue weighted by molar-refractivity contribution is 7.47. The third-order valence-electron chi connectivity index (χ3n) is 18.0. The van der Waals surface area contributed by atoms with Gasteiger partial charge in [-0.05, 0) is 31.6 Å². The molecule has 2 unspecified atom stereocenters. The number of aliphatic hydroxyl groups excluding tert-OH is 1. The van der Waals surface area contributed by atoms with Crippen molar-refractivity contribution in [3.05, 3.63) is 0 Å². The highest BCUT2D eigenvalue weighted by Crippen LogP contribution is 2.45. The lowest BCUT2D eigenvalue weighted by molar-refractivity contribution is -0.161. The van der Waals surface area contributed by atoms with Crippen molar-refractivity contribution in [3.8, 4) is 0 Å². The molecule has 0 fully saturated rings. The number of unbranched alkanes of at least 4 members (excludes halogenated alkanes) is 49. The number of hydrogen-bond acceptors (Lipinski definition) is 15. The Morgan fingerprint density at radius 2 is 0.479 bits per heavy atom. The Hall–Kier alpha value is -1.94. The quantitative estimate of drug-likeness (QED) is 0.0222. The van der Waals surface area contributed by atoms with Crippen molar-refractivity contribution >= 4 is 39.5 Å². The normalized spacial score (nSPS) is 13.9. The predicted octanol–water partition coefficient (Wildman–Crippen LogP) is 22.9. The van der Waals surface area contributed by atoms with E-state index in [1.165, 1.54) is 225 Å². The molecule has 0 aromatic heterocycles. The molecule has 0 rings (SSSR count). The zero-order chi connectivity index (χ0) is 70.5. The highest BCUT2D eigenvalue weighted by atomic mass is 31.2. The molecule has 0 amide bonds. The summed E-state index contributed by atoms with van der Waals surface area (Å²) in [7, 11) is -9.91. The number of carbonyl (C=O) groups excluding carboxylic acids is 4. The maximum Gasteiger partial charge on any atom is 0.472 e. The zero-order valence-electron chi connectivity index (χ0n) is 62.5. The Morgan fingerprint density at radius 3 is 0.708 bits per heavy atom. The molecule has 19 heteroatoms. The second-order valence-corrected chi connectivity index (χ2v) is 31.1. The lowest BCUT2D eigenvalue weighted by atomic mass is 10.0. The third kappa shape index (κ3) is 70.5. The molecule has 0 aliphatic carbocycles. The van der Waals surface area contributed by atoms with Crippen LogP contribution in [-0.2, 0) is 65.4 Å². The molecule has 0 saturated carbocycles. The summed E-state index contributed by atoms with van der Waals surface area (Å²) in [4.78, 5) is 72.7. The molecular formula is C77H150O17P2. The molecule has 0 saturated heterocycles. The highest BCUT2D eigenvalue weighted by Gasteiger charge is 2.30. The van der Waals surface area contributed by atoms with E-state index >= 15 is 0 Å². The van der Waals surface area contributed by atoms with Crippen molar-refractivity contribution in [2.45, 2.75) is 425 Å². The zero-order valence-corrected chi connectivity index (χ0v) is 64.3. The molecule has 0 aliphatic rings. The van der Waals surface area contributed by atoms with E-state index in [9.17, 15) is 43.2 Å². The van der Waals surface area contributed by atoms with Gasteiger partial charge in [-0.15, -0.1) is 0 Å². The van der Waals surface area contributed by atoms with Crippen molar-refractivity contribution < 1.29 is 80.2 Å². The van der Waals surface area contributed by atoms with Gasteiger partial charge in [0.15, 0.2) is 12.2 Å². The van der Waals surface area contributed by atoms with Crippen LogP contribution in [0.15, 0.2) is 0 Å². The van der Waals surface area contributed by atoms with Crippen LogP contribution in [0.4, 0.5) is 0 Å². The van der Waals surface area contributed by atoms with Crippen LogP contribution in [-0.4, -0.2) is 96.7 Å². The minimum absolute atomic E-state index is 0.106. The van der Waals surface area contributed by atoms with E-state index in [0.717, 1.165) is 102 Å². The number of phosphoric ester groups is 2. The minimum atomic E-state index is -4.96. The van der Waals surface area contributed by atoms with Gasteiger partial charge in [-0.2, -0.15) is 0 Å². The molecule has 3 N–H and O–H groups in total. The summed E-state index contributed by atoms with van der Waals surface area (Å²) in [5, 5.41) is 10.6. The number of rotatable bonds is 77. The maximum absolute atomic E-state index is 13.1. The van der Waals surface area contributed by atoms with Gasteiger partial charge in [0.2, 0.25) is 0 Å². The predicted molar refractivity (Wildman–Crippen MR) is 391 cm³/mol. The average molecular weight is 1410 g/mol. The first-order valence-corrected chi connectivity index (χ1v) is 43.1. The van der Waals surface area contributed by atoms with Gasteiger partial charge in [0.1, 0.15) is 19.3 Å². The van der Waals surface area contributed by atoms with Crippen molar-refractivity contribution in [1.29, 1.82) is 0 Å². The number of aliphatic hydroxyl groups is 1. The second kappa shape index (κ2) is 70.1. The Bertz CT molecular complexity index is 1840. The van der Waals surface area contributed by atoms with E-state index in [0.29, 0.717) is 25.7 Å². The number of esters is 4. The Kier molecular flexibility index (Phi) is 68.7. The van der Waals surface area contributed by atoms with Crippen LogP contribution in [0.5, 0.6) is 0 Å². The van der Waals surface area contributed by atoms with Gasteiger partial charge in [-0.3, -0.25) is 37.3 Å². The molecule has 5 atom stereocenters. The first-order valence-electron chi connectivity index (χ1n) is 40.1. The fraction of sp³-hybridized carbons (Fsp3) is 0.948. The van der Waals surface area contributed by atoms with E-state index in [-0.39, 0.29) is 25.7 Å². The summed E-state index contributed by atoms with van der Waals surface area (Å²) in [6.45, 7) is 7.25. The number of carbonyl (C=O) groups is 4. The molecule has 570 valence electrons. The SMILES string of the molecule is CCCCCCCCCCCCCCCCCCCCCCC(=O)O[C@H](COC(=O)CCCCCCCCCCCCCCCCCC)COP(=O)(O)OC[C@@H](O)COP(=O)(O)OC[C@@H](COC(=O)CCCCCCCCCC)OC(=O)CCCCCCCCCCCC(C)C. The number of phosphoric acid groups is 2. The van der Waals surface area contributed by atoms with Crippen LogP contribution in [0, 0.1) is 5.92 Å². The molecular weight excluding hydrogens is 1260 g/mol. The maximum atomic E-state index is 13.1. The summed E-state index contributed by atoms with van der Waals surface area (Å²) in [5.74, 6) is -1.38. The average Bonchev–Trinajstić information content (AvgIpc) is 1.14. The van der Waals surface area contributed by atoms with Crippen LogP contribution >= 0.6 is 15.6 Å². The smallest absolute Gasteiger partial charge is 0.462 e. The van der Waals surface area contributed by atoms with Gasteiger partial charge < -0.3 is 33.8 Å². The lowest BCUT2D eigenvalue weighted by Gasteiger charge is -2.21.